The molecule has 4 rings (SSSR count). The summed E-state index contributed by atoms with van der Waals surface area (Å²) in [4.78, 5) is 20.2. The van der Waals surface area contributed by atoms with E-state index >= 15 is 0 Å². The number of carbonyl (C=O) groups is 1. The molecule has 3 aromatic rings. The van der Waals surface area contributed by atoms with Crippen molar-refractivity contribution >= 4 is 5.91 Å². The summed E-state index contributed by atoms with van der Waals surface area (Å²) in [5.74, 6) is -0.576. The van der Waals surface area contributed by atoms with Crippen molar-refractivity contribution in [1.82, 2.24) is 15.2 Å². The fourth-order valence-corrected chi connectivity index (χ4v) is 3.84. The molecule has 0 bridgehead atoms. The van der Waals surface area contributed by atoms with Crippen LogP contribution < -0.4 is 5.32 Å². The van der Waals surface area contributed by atoms with Crippen molar-refractivity contribution in [2.45, 2.75) is 19.5 Å². The van der Waals surface area contributed by atoms with Gasteiger partial charge in [-0.2, -0.15) is 5.26 Å². The van der Waals surface area contributed by atoms with Crippen LogP contribution >= 0.6 is 0 Å². The van der Waals surface area contributed by atoms with Crippen molar-refractivity contribution < 1.29 is 13.9 Å². The minimum atomic E-state index is -0.319. The van der Waals surface area contributed by atoms with Crippen LogP contribution in [0, 0.1) is 17.1 Å². The highest BCUT2D eigenvalue weighted by Gasteiger charge is 2.18. The van der Waals surface area contributed by atoms with Gasteiger partial charge in [0.1, 0.15) is 5.82 Å². The SMILES string of the molecule is CC(NC(=O)c1cc(CN2CCOCC2)nc(-c2ccccc2C#N)c1)c1ccc(F)cc1. The summed E-state index contributed by atoms with van der Waals surface area (Å²) >= 11 is 0. The van der Waals surface area contributed by atoms with Gasteiger partial charge in [0.2, 0.25) is 0 Å². The summed E-state index contributed by atoms with van der Waals surface area (Å²) in [6, 6.07) is 18.7. The molecule has 0 aliphatic carbocycles. The molecule has 1 amide bonds. The monoisotopic (exact) mass is 444 g/mol. The first-order valence-corrected chi connectivity index (χ1v) is 10.9. The van der Waals surface area contributed by atoms with Crippen LogP contribution in [0.2, 0.25) is 0 Å². The predicted octanol–water partition coefficient (Wildman–Crippen LogP) is 4.08. The molecular formula is C26H25FN4O2. The Hall–Kier alpha value is -3.60. The summed E-state index contributed by atoms with van der Waals surface area (Å²) in [7, 11) is 0. The summed E-state index contributed by atoms with van der Waals surface area (Å²) < 4.78 is 18.7. The van der Waals surface area contributed by atoms with E-state index in [1.54, 1.807) is 36.4 Å². The van der Waals surface area contributed by atoms with E-state index in [0.29, 0.717) is 42.1 Å². The zero-order valence-electron chi connectivity index (χ0n) is 18.4. The summed E-state index contributed by atoms with van der Waals surface area (Å²) in [5.41, 5.74) is 3.79. The van der Waals surface area contributed by atoms with Gasteiger partial charge in [0.15, 0.2) is 0 Å². The molecule has 2 aromatic carbocycles. The number of hydrogen-bond donors (Lipinski definition) is 1. The Balaban J connectivity index is 1.65. The lowest BCUT2D eigenvalue weighted by molar-refractivity contribution is 0.0336. The number of ether oxygens (including phenoxy) is 1. The van der Waals surface area contributed by atoms with E-state index in [1.807, 2.05) is 19.1 Å². The number of aromatic nitrogens is 1. The molecule has 7 heteroatoms. The first-order valence-electron chi connectivity index (χ1n) is 10.9. The second-order valence-electron chi connectivity index (χ2n) is 8.03. The Morgan fingerprint density at radius 1 is 1.18 bits per heavy atom. The normalized spacial score (nSPS) is 14.9. The summed E-state index contributed by atoms with van der Waals surface area (Å²) in [6.45, 7) is 5.36. The first kappa shape index (κ1) is 22.6. The van der Waals surface area contributed by atoms with Crippen LogP contribution in [0.15, 0.2) is 60.7 Å². The van der Waals surface area contributed by atoms with E-state index in [2.05, 4.69) is 16.3 Å². The molecule has 1 atom stereocenters. The Labute approximate surface area is 192 Å². The molecule has 33 heavy (non-hydrogen) atoms. The van der Waals surface area contributed by atoms with Gasteiger partial charge in [0, 0.05) is 30.8 Å². The third-order valence-electron chi connectivity index (χ3n) is 5.67. The van der Waals surface area contributed by atoms with Crippen molar-refractivity contribution in [2.24, 2.45) is 0 Å². The van der Waals surface area contributed by atoms with Gasteiger partial charge in [-0.05, 0) is 42.8 Å². The first-order chi connectivity index (χ1) is 16.0. The quantitative estimate of drug-likeness (QED) is 0.620. The number of hydrogen-bond acceptors (Lipinski definition) is 5. The van der Waals surface area contributed by atoms with Crippen molar-refractivity contribution in [3.63, 3.8) is 0 Å². The van der Waals surface area contributed by atoms with Gasteiger partial charge in [-0.15, -0.1) is 0 Å². The molecular weight excluding hydrogens is 419 g/mol. The third kappa shape index (κ3) is 5.61. The van der Waals surface area contributed by atoms with Gasteiger partial charge in [0.05, 0.1) is 42.3 Å². The van der Waals surface area contributed by atoms with E-state index < -0.39 is 0 Å². The van der Waals surface area contributed by atoms with E-state index in [0.717, 1.165) is 24.3 Å². The number of halogens is 1. The topological polar surface area (TPSA) is 78.2 Å². The predicted molar refractivity (Wildman–Crippen MR) is 123 cm³/mol. The fraction of sp³-hybridized carbons (Fsp3) is 0.269. The third-order valence-corrected chi connectivity index (χ3v) is 5.67. The number of pyridine rings is 1. The van der Waals surface area contributed by atoms with Crippen LogP contribution in [0.1, 0.15) is 40.1 Å². The fourth-order valence-electron chi connectivity index (χ4n) is 3.84. The second-order valence-corrected chi connectivity index (χ2v) is 8.03. The number of rotatable bonds is 6. The molecule has 0 saturated carbocycles. The summed E-state index contributed by atoms with van der Waals surface area (Å²) in [5, 5.41) is 12.5. The Kier molecular flexibility index (Phi) is 7.08. The lowest BCUT2D eigenvalue weighted by Crippen LogP contribution is -2.36. The molecule has 168 valence electrons. The molecule has 1 aromatic heterocycles. The van der Waals surface area contributed by atoms with Crippen LogP contribution in [0.3, 0.4) is 0 Å². The van der Waals surface area contributed by atoms with E-state index in [1.165, 1.54) is 12.1 Å². The van der Waals surface area contributed by atoms with Crippen molar-refractivity contribution in [3.8, 4) is 17.3 Å². The molecule has 1 saturated heterocycles. The molecule has 1 unspecified atom stereocenters. The highest BCUT2D eigenvalue weighted by Crippen LogP contribution is 2.24. The average Bonchev–Trinajstić information content (AvgIpc) is 2.84. The second kappa shape index (κ2) is 10.3. The van der Waals surface area contributed by atoms with E-state index in [9.17, 15) is 14.4 Å². The Bertz CT molecular complexity index is 1170. The maximum absolute atomic E-state index is 13.3. The highest BCUT2D eigenvalue weighted by atomic mass is 19.1. The number of nitriles is 1. The van der Waals surface area contributed by atoms with E-state index in [4.69, 9.17) is 9.72 Å². The molecule has 6 nitrogen and oxygen atoms in total. The van der Waals surface area contributed by atoms with Gasteiger partial charge in [-0.3, -0.25) is 14.7 Å². The Morgan fingerprint density at radius 2 is 1.91 bits per heavy atom. The van der Waals surface area contributed by atoms with E-state index in [-0.39, 0.29) is 17.8 Å². The van der Waals surface area contributed by atoms with Gasteiger partial charge in [-0.1, -0.05) is 30.3 Å². The molecule has 2 heterocycles. The summed E-state index contributed by atoms with van der Waals surface area (Å²) in [6.07, 6.45) is 0. The van der Waals surface area contributed by atoms with Crippen LogP contribution in [-0.4, -0.2) is 42.1 Å². The lowest BCUT2D eigenvalue weighted by atomic mass is 10.0. The Morgan fingerprint density at radius 3 is 2.64 bits per heavy atom. The lowest BCUT2D eigenvalue weighted by Gasteiger charge is -2.26. The number of carbonyl (C=O) groups excluding carboxylic acids is 1. The van der Waals surface area contributed by atoms with Crippen molar-refractivity contribution in [3.05, 3.63) is 88.9 Å². The number of benzene rings is 2. The molecule has 1 fully saturated rings. The van der Waals surface area contributed by atoms with Crippen LogP contribution in [-0.2, 0) is 11.3 Å². The number of nitrogens with zero attached hydrogens (tertiary/aromatic N) is 3. The maximum Gasteiger partial charge on any atom is 0.251 e. The largest absolute Gasteiger partial charge is 0.379 e. The van der Waals surface area contributed by atoms with Crippen LogP contribution in [0.5, 0.6) is 0 Å². The minimum absolute atomic E-state index is 0.256. The zero-order chi connectivity index (χ0) is 23.2. The van der Waals surface area contributed by atoms with Crippen molar-refractivity contribution in [1.29, 1.82) is 5.26 Å². The van der Waals surface area contributed by atoms with Gasteiger partial charge < -0.3 is 10.1 Å². The highest BCUT2D eigenvalue weighted by molar-refractivity contribution is 5.95. The number of nitrogens with one attached hydrogen (secondary N) is 1. The molecule has 1 N–H and O–H groups in total. The molecule has 0 spiro atoms. The van der Waals surface area contributed by atoms with Crippen molar-refractivity contribution in [2.75, 3.05) is 26.3 Å². The smallest absolute Gasteiger partial charge is 0.251 e. The number of morpholine rings is 1. The van der Waals surface area contributed by atoms with Gasteiger partial charge in [0.25, 0.3) is 5.91 Å². The van der Waals surface area contributed by atoms with Crippen LogP contribution in [0.4, 0.5) is 4.39 Å². The van der Waals surface area contributed by atoms with Crippen LogP contribution in [0.25, 0.3) is 11.3 Å². The minimum Gasteiger partial charge on any atom is -0.379 e. The maximum atomic E-state index is 13.3. The molecule has 1 aliphatic rings. The molecule has 1 aliphatic heterocycles. The van der Waals surface area contributed by atoms with Gasteiger partial charge in [-0.25, -0.2) is 4.39 Å². The zero-order valence-corrected chi connectivity index (χ0v) is 18.4. The number of amides is 1. The van der Waals surface area contributed by atoms with Gasteiger partial charge >= 0.3 is 0 Å². The average molecular weight is 445 g/mol. The molecule has 0 radical (unpaired) electrons. The standard InChI is InChI=1S/C26H25FN4O2/c1-18(19-6-8-22(27)9-7-19)29-26(32)21-14-23(17-31-10-12-33-13-11-31)30-25(15-21)24-5-3-2-4-20(24)16-28/h2-9,14-15,18H,10-13,17H2,1H3,(H,29,32).